The maximum Gasteiger partial charge on any atom is 0.289 e. The van der Waals surface area contributed by atoms with Crippen LogP contribution in [0.15, 0.2) is 46.9 Å². The van der Waals surface area contributed by atoms with Crippen molar-refractivity contribution in [3.05, 3.63) is 53.8 Å². The van der Waals surface area contributed by atoms with E-state index in [0.29, 0.717) is 49.8 Å². The molecular weight excluding hydrogens is 484 g/mol. The Kier molecular flexibility index (Phi) is 6.64. The molecule has 2 fully saturated rings. The van der Waals surface area contributed by atoms with Gasteiger partial charge < -0.3 is 28.4 Å². The van der Waals surface area contributed by atoms with Gasteiger partial charge in [-0.3, -0.25) is 9.59 Å². The van der Waals surface area contributed by atoms with Gasteiger partial charge in [0.15, 0.2) is 28.6 Å². The third-order valence-corrected chi connectivity index (χ3v) is 8.30. The number of hydrogen-bond acceptors (Lipinski definition) is 6. The smallest absolute Gasteiger partial charge is 0.289 e. The van der Waals surface area contributed by atoms with Crippen LogP contribution in [0.1, 0.15) is 48.2 Å². The van der Waals surface area contributed by atoms with E-state index in [9.17, 15) is 9.59 Å². The number of hydrogen-bond donors (Lipinski definition) is 0. The number of carbonyl (C=O) groups is 2. The predicted molar refractivity (Wildman–Crippen MR) is 142 cm³/mol. The van der Waals surface area contributed by atoms with Gasteiger partial charge >= 0.3 is 0 Å². The molecule has 200 valence electrons. The highest BCUT2D eigenvalue weighted by Gasteiger charge is 2.43. The number of nitrogens with zero attached hydrogens (tertiary/aromatic N) is 2. The summed E-state index contributed by atoms with van der Waals surface area (Å²) in [5.41, 5.74) is 1.88. The molecule has 0 N–H and O–H groups in total. The highest BCUT2D eigenvalue weighted by atomic mass is 16.6. The summed E-state index contributed by atoms with van der Waals surface area (Å²) in [7, 11) is 1.60. The maximum absolute atomic E-state index is 13.2. The lowest BCUT2D eigenvalue weighted by Crippen LogP contribution is -2.44. The van der Waals surface area contributed by atoms with E-state index in [0.717, 1.165) is 62.1 Å². The Morgan fingerprint density at radius 3 is 2.50 bits per heavy atom. The number of fused-ring (bicyclic) bond motifs is 2. The van der Waals surface area contributed by atoms with Gasteiger partial charge in [-0.2, -0.15) is 0 Å². The van der Waals surface area contributed by atoms with E-state index in [1.165, 1.54) is 5.56 Å². The van der Waals surface area contributed by atoms with E-state index < -0.39 is 0 Å². The van der Waals surface area contributed by atoms with Gasteiger partial charge in [0, 0.05) is 38.0 Å². The number of aryl methyl sites for hydroxylation is 1. The van der Waals surface area contributed by atoms with Crippen LogP contribution >= 0.6 is 0 Å². The lowest BCUT2D eigenvalue weighted by atomic mass is 9.77. The van der Waals surface area contributed by atoms with Crippen molar-refractivity contribution < 1.29 is 28.2 Å². The van der Waals surface area contributed by atoms with E-state index in [2.05, 4.69) is 6.07 Å². The van der Waals surface area contributed by atoms with Crippen molar-refractivity contribution in [3.63, 3.8) is 0 Å². The third-order valence-electron chi connectivity index (χ3n) is 8.30. The van der Waals surface area contributed by atoms with E-state index in [4.69, 9.17) is 18.6 Å². The standard InChI is InChI=1S/C30H34N2O6/c1-35-24-6-3-5-22-19-26(38-28(22)24)29(34)31-13-10-30(11-14-31)12-15-32(20-30)27(33)7-2-4-21-8-9-23-25(18-21)37-17-16-36-23/h3,5-6,8-9,18-19H,2,4,7,10-17,20H2,1H3. The predicted octanol–water partition coefficient (Wildman–Crippen LogP) is 4.69. The zero-order chi connectivity index (χ0) is 26.1. The van der Waals surface area contributed by atoms with Crippen LogP contribution in [0.4, 0.5) is 0 Å². The van der Waals surface area contributed by atoms with Crippen LogP contribution < -0.4 is 14.2 Å². The molecule has 8 nitrogen and oxygen atoms in total. The van der Waals surface area contributed by atoms with Crippen LogP contribution in [0.2, 0.25) is 0 Å². The first kappa shape index (κ1) is 24.6. The number of ether oxygens (including phenoxy) is 3. The molecule has 0 saturated carbocycles. The number of methoxy groups -OCH3 is 1. The Bertz CT molecular complexity index is 1340. The van der Waals surface area contributed by atoms with Gasteiger partial charge in [-0.05, 0) is 67.3 Å². The van der Waals surface area contributed by atoms with E-state index in [-0.39, 0.29) is 17.2 Å². The second kappa shape index (κ2) is 10.2. The fraction of sp³-hybridized carbons (Fsp3) is 0.467. The normalized spacial score (nSPS) is 18.2. The highest BCUT2D eigenvalue weighted by Crippen LogP contribution is 2.41. The van der Waals surface area contributed by atoms with Gasteiger partial charge in [-0.25, -0.2) is 0 Å². The fourth-order valence-corrected chi connectivity index (χ4v) is 6.04. The number of piperidine rings is 1. The average molecular weight is 519 g/mol. The number of furan rings is 1. The average Bonchev–Trinajstić information content (AvgIpc) is 3.58. The zero-order valence-corrected chi connectivity index (χ0v) is 21.9. The number of rotatable bonds is 6. The van der Waals surface area contributed by atoms with Crippen LogP contribution in [0.25, 0.3) is 11.0 Å². The fourth-order valence-electron chi connectivity index (χ4n) is 6.04. The summed E-state index contributed by atoms with van der Waals surface area (Å²) in [4.78, 5) is 30.1. The van der Waals surface area contributed by atoms with E-state index in [1.54, 1.807) is 13.2 Å². The van der Waals surface area contributed by atoms with Crippen LogP contribution in [-0.4, -0.2) is 68.1 Å². The summed E-state index contributed by atoms with van der Waals surface area (Å²) in [6, 6.07) is 13.5. The second-order valence-corrected chi connectivity index (χ2v) is 10.7. The van der Waals surface area contributed by atoms with Crippen molar-refractivity contribution in [1.82, 2.24) is 9.80 Å². The molecule has 3 aliphatic rings. The lowest BCUT2D eigenvalue weighted by molar-refractivity contribution is -0.130. The maximum atomic E-state index is 13.2. The van der Waals surface area contributed by atoms with E-state index >= 15 is 0 Å². The Hall–Kier alpha value is -3.68. The molecule has 3 aliphatic heterocycles. The number of amides is 2. The molecule has 8 heteroatoms. The van der Waals surface area contributed by atoms with Gasteiger partial charge in [-0.15, -0.1) is 0 Å². The SMILES string of the molecule is COc1cccc2cc(C(=O)N3CCC4(CCN(C(=O)CCCc5ccc6c(c5)OCCO6)C4)CC3)oc12. The second-order valence-electron chi connectivity index (χ2n) is 10.7. The molecule has 0 bridgehead atoms. The van der Waals surface area contributed by atoms with E-state index in [1.807, 2.05) is 40.1 Å². The first-order valence-electron chi connectivity index (χ1n) is 13.6. The minimum Gasteiger partial charge on any atom is -0.493 e. The Morgan fingerprint density at radius 1 is 0.947 bits per heavy atom. The van der Waals surface area contributed by atoms with Gasteiger partial charge in [0.2, 0.25) is 5.91 Å². The highest BCUT2D eigenvalue weighted by molar-refractivity contribution is 5.97. The van der Waals surface area contributed by atoms with Crippen molar-refractivity contribution >= 4 is 22.8 Å². The topological polar surface area (TPSA) is 81.5 Å². The quantitative estimate of drug-likeness (QED) is 0.471. The van der Waals surface area contributed by atoms with Crippen molar-refractivity contribution in [2.75, 3.05) is 46.5 Å². The molecule has 38 heavy (non-hydrogen) atoms. The molecule has 4 heterocycles. The van der Waals surface area contributed by atoms with Gasteiger partial charge in [0.05, 0.1) is 7.11 Å². The minimum atomic E-state index is -0.0804. The lowest BCUT2D eigenvalue weighted by Gasteiger charge is -2.39. The van der Waals surface area contributed by atoms with Crippen LogP contribution in [0.3, 0.4) is 0 Å². The number of carbonyl (C=O) groups excluding carboxylic acids is 2. The zero-order valence-electron chi connectivity index (χ0n) is 21.9. The van der Waals surface area contributed by atoms with Crippen molar-refractivity contribution in [2.24, 2.45) is 5.41 Å². The molecule has 6 rings (SSSR count). The summed E-state index contributed by atoms with van der Waals surface area (Å²) < 4.78 is 22.5. The summed E-state index contributed by atoms with van der Waals surface area (Å²) in [5, 5.41) is 0.861. The summed E-state index contributed by atoms with van der Waals surface area (Å²) in [6.07, 6.45) is 5.01. The molecule has 0 unspecified atom stereocenters. The number of para-hydroxylation sites is 1. The largest absolute Gasteiger partial charge is 0.493 e. The number of benzene rings is 2. The molecule has 0 atom stereocenters. The van der Waals surface area contributed by atoms with Crippen LogP contribution in [0, 0.1) is 5.41 Å². The third kappa shape index (κ3) is 4.79. The molecule has 1 spiro atoms. The first-order chi connectivity index (χ1) is 18.5. The molecule has 1 aromatic heterocycles. The molecule has 2 amide bonds. The summed E-state index contributed by atoms with van der Waals surface area (Å²) in [6.45, 7) is 4.12. The van der Waals surface area contributed by atoms with Crippen LogP contribution in [-0.2, 0) is 11.2 Å². The Morgan fingerprint density at radius 2 is 1.71 bits per heavy atom. The van der Waals surface area contributed by atoms with Crippen molar-refractivity contribution in [1.29, 1.82) is 0 Å². The Labute approximate surface area is 222 Å². The molecule has 2 aromatic carbocycles. The van der Waals surface area contributed by atoms with Crippen molar-refractivity contribution in [3.8, 4) is 17.2 Å². The molecular formula is C30H34N2O6. The monoisotopic (exact) mass is 518 g/mol. The van der Waals surface area contributed by atoms with Gasteiger partial charge in [0.25, 0.3) is 5.91 Å². The molecule has 2 saturated heterocycles. The summed E-state index contributed by atoms with van der Waals surface area (Å²) in [5.74, 6) is 2.72. The Balaban J connectivity index is 0.992. The van der Waals surface area contributed by atoms with Crippen molar-refractivity contribution in [2.45, 2.75) is 38.5 Å². The molecule has 0 aliphatic carbocycles. The summed E-state index contributed by atoms with van der Waals surface area (Å²) >= 11 is 0. The van der Waals surface area contributed by atoms with Crippen LogP contribution in [0.5, 0.6) is 17.2 Å². The van der Waals surface area contributed by atoms with Gasteiger partial charge in [0.1, 0.15) is 13.2 Å². The molecule has 3 aromatic rings. The number of likely N-dealkylation sites (tertiary alicyclic amines) is 2. The first-order valence-corrected chi connectivity index (χ1v) is 13.6. The molecule has 0 radical (unpaired) electrons. The minimum absolute atomic E-state index is 0.0804. The van der Waals surface area contributed by atoms with Gasteiger partial charge in [-0.1, -0.05) is 18.2 Å².